The molecule has 92 valence electrons. The minimum Gasteiger partial charge on any atom is -0.316 e. The number of benzene rings is 1. The van der Waals surface area contributed by atoms with Gasteiger partial charge in [-0.05, 0) is 48.7 Å². The Balaban J connectivity index is 1.67. The first-order chi connectivity index (χ1) is 8.20. The van der Waals surface area contributed by atoms with Crippen LogP contribution in [0.2, 0.25) is 5.02 Å². The average molecular weight is 255 g/mol. The van der Waals surface area contributed by atoms with E-state index in [1.807, 2.05) is 6.07 Å². The van der Waals surface area contributed by atoms with Crippen LogP contribution in [0.25, 0.3) is 0 Å². The molecule has 0 spiro atoms. The minimum absolute atomic E-state index is 0.242. The van der Waals surface area contributed by atoms with E-state index in [1.54, 1.807) is 6.07 Å². The summed E-state index contributed by atoms with van der Waals surface area (Å²) in [6, 6.07) is 4.79. The van der Waals surface area contributed by atoms with Crippen LogP contribution in [0.5, 0.6) is 0 Å². The highest BCUT2D eigenvalue weighted by Gasteiger charge is 2.35. The minimum atomic E-state index is -0.242. The Morgan fingerprint density at radius 3 is 2.59 bits per heavy atom. The van der Waals surface area contributed by atoms with Crippen molar-refractivity contribution in [3.63, 3.8) is 0 Å². The lowest BCUT2D eigenvalue weighted by Crippen LogP contribution is -2.25. The fraction of sp³-hybridized carbons (Fsp3) is 0.538. The Kier molecular flexibility index (Phi) is 3.07. The van der Waals surface area contributed by atoms with Crippen LogP contribution in [0, 0.1) is 17.7 Å². The number of hydrogen-bond acceptors (Lipinski definition) is 2. The van der Waals surface area contributed by atoms with Gasteiger partial charge in [-0.25, -0.2) is 4.39 Å². The molecule has 0 aliphatic carbocycles. The van der Waals surface area contributed by atoms with E-state index in [2.05, 4.69) is 10.2 Å². The maximum Gasteiger partial charge on any atom is 0.125 e. The lowest BCUT2D eigenvalue weighted by Gasteiger charge is -2.17. The lowest BCUT2D eigenvalue weighted by atomic mass is 10.0. The van der Waals surface area contributed by atoms with Crippen molar-refractivity contribution in [2.45, 2.75) is 6.54 Å². The zero-order chi connectivity index (χ0) is 11.8. The first kappa shape index (κ1) is 11.5. The van der Waals surface area contributed by atoms with Crippen molar-refractivity contribution in [2.75, 3.05) is 26.2 Å². The third-order valence-corrected chi connectivity index (χ3v) is 4.01. The summed E-state index contributed by atoms with van der Waals surface area (Å²) in [4.78, 5) is 2.40. The van der Waals surface area contributed by atoms with Gasteiger partial charge in [0, 0.05) is 24.7 Å². The van der Waals surface area contributed by atoms with Crippen LogP contribution in [-0.4, -0.2) is 31.1 Å². The van der Waals surface area contributed by atoms with Gasteiger partial charge in [-0.1, -0.05) is 11.6 Å². The maximum absolute atomic E-state index is 13.2. The third-order valence-electron chi connectivity index (χ3n) is 3.79. The van der Waals surface area contributed by atoms with E-state index in [4.69, 9.17) is 11.6 Å². The molecule has 0 saturated carbocycles. The first-order valence-electron chi connectivity index (χ1n) is 6.09. The van der Waals surface area contributed by atoms with E-state index in [0.29, 0.717) is 5.02 Å². The van der Waals surface area contributed by atoms with Gasteiger partial charge >= 0.3 is 0 Å². The molecule has 2 saturated heterocycles. The summed E-state index contributed by atoms with van der Waals surface area (Å²) >= 11 is 5.86. The summed E-state index contributed by atoms with van der Waals surface area (Å²) in [5, 5.41) is 3.91. The largest absolute Gasteiger partial charge is 0.316 e. The first-order valence-corrected chi connectivity index (χ1v) is 6.46. The molecule has 2 heterocycles. The third kappa shape index (κ3) is 2.46. The molecule has 2 fully saturated rings. The second kappa shape index (κ2) is 4.56. The molecule has 2 atom stereocenters. The quantitative estimate of drug-likeness (QED) is 0.870. The Morgan fingerprint density at radius 1 is 1.24 bits per heavy atom. The molecule has 0 unspecified atom stereocenters. The molecule has 2 nitrogen and oxygen atoms in total. The van der Waals surface area contributed by atoms with E-state index < -0.39 is 0 Å². The van der Waals surface area contributed by atoms with E-state index >= 15 is 0 Å². The molecular weight excluding hydrogens is 239 g/mol. The number of fused-ring (bicyclic) bond motifs is 1. The summed E-state index contributed by atoms with van der Waals surface area (Å²) in [7, 11) is 0. The molecule has 1 aromatic carbocycles. The molecule has 1 aromatic rings. The second-order valence-corrected chi connectivity index (χ2v) is 5.59. The van der Waals surface area contributed by atoms with Crippen molar-refractivity contribution < 1.29 is 4.39 Å². The molecule has 0 bridgehead atoms. The molecule has 0 amide bonds. The molecule has 2 aliphatic heterocycles. The number of nitrogens with one attached hydrogen (secondary N) is 1. The van der Waals surface area contributed by atoms with E-state index in [-0.39, 0.29) is 5.82 Å². The lowest BCUT2D eigenvalue weighted by molar-refractivity contribution is 0.305. The second-order valence-electron chi connectivity index (χ2n) is 5.15. The normalized spacial score (nSPS) is 28.6. The Labute approximate surface area is 106 Å². The molecule has 0 aromatic heterocycles. The van der Waals surface area contributed by atoms with E-state index in [0.717, 1.165) is 50.1 Å². The van der Waals surface area contributed by atoms with Crippen LogP contribution in [-0.2, 0) is 6.54 Å². The highest BCUT2D eigenvalue weighted by Crippen LogP contribution is 2.27. The zero-order valence-electron chi connectivity index (χ0n) is 9.63. The number of nitrogens with zero attached hydrogens (tertiary/aromatic N) is 1. The Hall–Kier alpha value is -0.640. The predicted octanol–water partition coefficient (Wildman–Crippen LogP) is 2.13. The Morgan fingerprint density at radius 2 is 1.94 bits per heavy atom. The predicted molar refractivity (Wildman–Crippen MR) is 66.5 cm³/mol. The molecule has 1 N–H and O–H groups in total. The van der Waals surface area contributed by atoms with Crippen molar-refractivity contribution >= 4 is 11.6 Å². The van der Waals surface area contributed by atoms with Gasteiger partial charge < -0.3 is 5.32 Å². The highest BCUT2D eigenvalue weighted by atomic mass is 35.5. The monoisotopic (exact) mass is 254 g/mol. The summed E-state index contributed by atoms with van der Waals surface area (Å²) in [6.45, 7) is 5.30. The fourth-order valence-corrected chi connectivity index (χ4v) is 3.29. The van der Waals surface area contributed by atoms with Gasteiger partial charge in [-0.15, -0.1) is 0 Å². The molecule has 17 heavy (non-hydrogen) atoms. The summed E-state index contributed by atoms with van der Waals surface area (Å²) in [5.41, 5.74) is 0.975. The van der Waals surface area contributed by atoms with Crippen LogP contribution < -0.4 is 5.32 Å². The van der Waals surface area contributed by atoms with Gasteiger partial charge in [0.15, 0.2) is 0 Å². The van der Waals surface area contributed by atoms with Crippen LogP contribution in [0.3, 0.4) is 0 Å². The van der Waals surface area contributed by atoms with Crippen molar-refractivity contribution in [3.05, 3.63) is 34.6 Å². The summed E-state index contributed by atoms with van der Waals surface area (Å²) < 4.78 is 13.2. The SMILES string of the molecule is Fc1cc(Cl)cc(CN2C[C@H]3CNC[C@H]3C2)c1. The summed E-state index contributed by atoms with van der Waals surface area (Å²) in [6.07, 6.45) is 0. The Bertz CT molecular complexity index is 392. The van der Waals surface area contributed by atoms with Gasteiger partial charge in [0.1, 0.15) is 5.82 Å². The standard InChI is InChI=1S/C13H16ClFN2/c14-12-1-9(2-13(15)3-12)6-17-7-10-4-16-5-11(10)8-17/h1-3,10-11,16H,4-8H2/t10-,11+. The van der Waals surface area contributed by atoms with Gasteiger partial charge in [0.05, 0.1) is 0 Å². The maximum atomic E-state index is 13.2. The van der Waals surface area contributed by atoms with Crippen molar-refractivity contribution in [3.8, 4) is 0 Å². The number of halogens is 2. The summed E-state index contributed by atoms with van der Waals surface area (Å²) in [5.74, 6) is 1.31. The van der Waals surface area contributed by atoms with E-state index in [9.17, 15) is 4.39 Å². The molecule has 4 heteroatoms. The van der Waals surface area contributed by atoms with Crippen molar-refractivity contribution in [1.29, 1.82) is 0 Å². The zero-order valence-corrected chi connectivity index (χ0v) is 10.4. The van der Waals surface area contributed by atoms with E-state index in [1.165, 1.54) is 6.07 Å². The molecule has 2 aliphatic rings. The van der Waals surface area contributed by atoms with Crippen LogP contribution >= 0.6 is 11.6 Å². The van der Waals surface area contributed by atoms with Crippen LogP contribution in [0.1, 0.15) is 5.56 Å². The van der Waals surface area contributed by atoms with Gasteiger partial charge in [-0.2, -0.15) is 0 Å². The highest BCUT2D eigenvalue weighted by molar-refractivity contribution is 6.30. The topological polar surface area (TPSA) is 15.3 Å². The van der Waals surface area contributed by atoms with Crippen molar-refractivity contribution in [1.82, 2.24) is 10.2 Å². The van der Waals surface area contributed by atoms with Crippen molar-refractivity contribution in [2.24, 2.45) is 11.8 Å². The van der Waals surface area contributed by atoms with Gasteiger partial charge in [0.25, 0.3) is 0 Å². The molecule has 0 radical (unpaired) electrons. The number of rotatable bonds is 2. The fourth-order valence-electron chi connectivity index (χ4n) is 3.04. The molecule has 3 rings (SSSR count). The number of likely N-dealkylation sites (tertiary alicyclic amines) is 1. The van der Waals surface area contributed by atoms with Crippen LogP contribution in [0.4, 0.5) is 4.39 Å². The molecular formula is C13H16ClFN2. The average Bonchev–Trinajstić information content (AvgIpc) is 2.75. The smallest absolute Gasteiger partial charge is 0.125 e. The van der Waals surface area contributed by atoms with Gasteiger partial charge in [0.2, 0.25) is 0 Å². The van der Waals surface area contributed by atoms with Gasteiger partial charge in [-0.3, -0.25) is 4.90 Å². The number of hydrogen-bond donors (Lipinski definition) is 1. The van der Waals surface area contributed by atoms with Crippen LogP contribution in [0.15, 0.2) is 18.2 Å².